The summed E-state index contributed by atoms with van der Waals surface area (Å²) in [6.45, 7) is 7.85. The zero-order chi connectivity index (χ0) is 26.2. The van der Waals surface area contributed by atoms with E-state index < -0.39 is 0 Å². The number of nitrogens with zero attached hydrogens (tertiary/aromatic N) is 3. The third-order valence-electron chi connectivity index (χ3n) is 6.03. The van der Waals surface area contributed by atoms with Crippen molar-refractivity contribution in [3.8, 4) is 18.1 Å². The van der Waals surface area contributed by atoms with Gasteiger partial charge in [0.25, 0.3) is 0 Å². The van der Waals surface area contributed by atoms with Gasteiger partial charge in [0.1, 0.15) is 24.0 Å². The number of anilines is 3. The minimum atomic E-state index is -0.251. The quantitative estimate of drug-likeness (QED) is 0.287. The van der Waals surface area contributed by atoms with Crippen LogP contribution in [0.4, 0.5) is 17.2 Å². The molecule has 1 aliphatic heterocycles. The number of amides is 1. The zero-order valence-corrected chi connectivity index (χ0v) is 21.7. The van der Waals surface area contributed by atoms with Gasteiger partial charge in [0.15, 0.2) is 0 Å². The molecular formula is C28H30ClN5O3. The van der Waals surface area contributed by atoms with Crippen molar-refractivity contribution in [1.82, 2.24) is 14.9 Å². The van der Waals surface area contributed by atoms with Crippen LogP contribution in [0.3, 0.4) is 0 Å². The van der Waals surface area contributed by atoms with Gasteiger partial charge in [-0.15, -0.1) is 6.42 Å². The Balaban J connectivity index is 1.66. The van der Waals surface area contributed by atoms with Gasteiger partial charge in [-0.2, -0.15) is 0 Å². The summed E-state index contributed by atoms with van der Waals surface area (Å²) in [5.74, 6) is 3.41. The Kier molecular flexibility index (Phi) is 8.96. The van der Waals surface area contributed by atoms with E-state index in [1.54, 1.807) is 30.3 Å². The molecule has 1 aliphatic rings. The highest BCUT2D eigenvalue weighted by Gasteiger charge is 2.21. The Morgan fingerprint density at radius 2 is 2.11 bits per heavy atom. The predicted octanol–water partition coefficient (Wildman–Crippen LogP) is 5.01. The van der Waals surface area contributed by atoms with Gasteiger partial charge in [0, 0.05) is 46.8 Å². The first-order chi connectivity index (χ1) is 18.0. The predicted molar refractivity (Wildman–Crippen MR) is 148 cm³/mol. The minimum Gasteiger partial charge on any atom is -0.486 e. The van der Waals surface area contributed by atoms with Crippen molar-refractivity contribution < 1.29 is 14.3 Å². The van der Waals surface area contributed by atoms with Gasteiger partial charge in [-0.05, 0) is 37.4 Å². The van der Waals surface area contributed by atoms with E-state index in [1.807, 2.05) is 12.1 Å². The molecule has 0 aliphatic carbocycles. The lowest BCUT2D eigenvalue weighted by Gasteiger charge is -2.18. The standard InChI is InChI=1S/C28H30ClN5O3/c1-4-19-12-20(29)14-21(13-19)32-28-23-15-25(33-27(35)8-7-10-34(5-2)6-3)26(16-24(23)30-18-31-28)37-22-9-11-36-17-22/h1,7-8,12-16,18,22H,5-6,9-11,17H2,2-3H3,(H,33,35)(H,30,31,32)/t22-/m0/s1. The summed E-state index contributed by atoms with van der Waals surface area (Å²) in [5, 5.41) is 7.44. The third kappa shape index (κ3) is 6.98. The van der Waals surface area contributed by atoms with Gasteiger partial charge < -0.3 is 25.0 Å². The molecule has 1 aromatic heterocycles. The maximum atomic E-state index is 12.8. The molecule has 1 saturated heterocycles. The number of nitrogens with one attached hydrogen (secondary N) is 2. The number of terminal acetylenes is 1. The average Bonchev–Trinajstić information content (AvgIpc) is 3.40. The Morgan fingerprint density at radius 3 is 2.84 bits per heavy atom. The molecule has 1 fully saturated rings. The fourth-order valence-electron chi connectivity index (χ4n) is 4.01. The van der Waals surface area contributed by atoms with E-state index in [2.05, 4.69) is 45.3 Å². The van der Waals surface area contributed by atoms with Gasteiger partial charge in [-0.25, -0.2) is 9.97 Å². The molecule has 2 aromatic carbocycles. The lowest BCUT2D eigenvalue weighted by molar-refractivity contribution is -0.111. The molecular weight excluding hydrogens is 490 g/mol. The SMILES string of the molecule is C#Cc1cc(Cl)cc(Nc2ncnc3cc(O[C@H]4CCOC4)c(NC(=O)C=CCN(CC)CC)cc23)c1. The van der Waals surface area contributed by atoms with E-state index >= 15 is 0 Å². The van der Waals surface area contributed by atoms with Crippen molar-refractivity contribution in [3.05, 3.63) is 59.4 Å². The van der Waals surface area contributed by atoms with Crippen molar-refractivity contribution in [3.63, 3.8) is 0 Å². The Labute approximate surface area is 222 Å². The number of halogens is 1. The second-order valence-electron chi connectivity index (χ2n) is 8.57. The molecule has 37 heavy (non-hydrogen) atoms. The van der Waals surface area contributed by atoms with E-state index in [0.29, 0.717) is 64.2 Å². The van der Waals surface area contributed by atoms with Gasteiger partial charge in [0.05, 0.1) is 24.4 Å². The van der Waals surface area contributed by atoms with Crippen LogP contribution in [-0.2, 0) is 9.53 Å². The van der Waals surface area contributed by atoms with E-state index in [9.17, 15) is 4.79 Å². The largest absolute Gasteiger partial charge is 0.486 e. The van der Waals surface area contributed by atoms with Crippen molar-refractivity contribution in [1.29, 1.82) is 0 Å². The Morgan fingerprint density at radius 1 is 1.27 bits per heavy atom. The molecule has 0 unspecified atom stereocenters. The minimum absolute atomic E-state index is 0.0978. The molecule has 0 radical (unpaired) electrons. The highest BCUT2D eigenvalue weighted by Crippen LogP contribution is 2.35. The van der Waals surface area contributed by atoms with Crippen molar-refractivity contribution >= 4 is 45.6 Å². The third-order valence-corrected chi connectivity index (χ3v) is 6.25. The normalized spacial score (nSPS) is 15.3. The average molecular weight is 520 g/mol. The van der Waals surface area contributed by atoms with Crippen LogP contribution in [0.1, 0.15) is 25.8 Å². The summed E-state index contributed by atoms with van der Waals surface area (Å²) in [6, 6.07) is 8.90. The van der Waals surface area contributed by atoms with Crippen LogP contribution in [0.25, 0.3) is 10.9 Å². The van der Waals surface area contributed by atoms with Crippen LogP contribution in [-0.4, -0.2) is 59.7 Å². The molecule has 2 N–H and O–H groups in total. The number of aromatic nitrogens is 2. The van der Waals surface area contributed by atoms with E-state index in [4.69, 9.17) is 27.5 Å². The molecule has 3 aromatic rings. The Bertz CT molecular complexity index is 1330. The van der Waals surface area contributed by atoms with Crippen molar-refractivity contribution in [2.75, 3.05) is 43.5 Å². The van der Waals surface area contributed by atoms with E-state index in [0.717, 1.165) is 19.5 Å². The van der Waals surface area contributed by atoms with E-state index in [-0.39, 0.29) is 12.0 Å². The first-order valence-electron chi connectivity index (χ1n) is 12.3. The molecule has 2 heterocycles. The second-order valence-corrected chi connectivity index (χ2v) is 9.00. The number of hydrogen-bond donors (Lipinski definition) is 2. The monoisotopic (exact) mass is 519 g/mol. The number of likely N-dealkylation sites (N-methyl/N-ethyl adjacent to an activating group) is 1. The summed E-state index contributed by atoms with van der Waals surface area (Å²) in [5.41, 5.74) is 2.51. The van der Waals surface area contributed by atoms with Gasteiger partial charge in [-0.3, -0.25) is 4.79 Å². The maximum absolute atomic E-state index is 12.8. The summed E-state index contributed by atoms with van der Waals surface area (Å²) in [7, 11) is 0. The van der Waals surface area contributed by atoms with Crippen LogP contribution < -0.4 is 15.4 Å². The summed E-state index contributed by atoms with van der Waals surface area (Å²) >= 11 is 6.23. The molecule has 0 bridgehead atoms. The lowest BCUT2D eigenvalue weighted by Crippen LogP contribution is -2.23. The highest BCUT2D eigenvalue weighted by atomic mass is 35.5. The summed E-state index contributed by atoms with van der Waals surface area (Å²) in [6.07, 6.45) is 11.1. The van der Waals surface area contributed by atoms with Crippen molar-refractivity contribution in [2.24, 2.45) is 0 Å². The van der Waals surface area contributed by atoms with E-state index in [1.165, 1.54) is 6.33 Å². The molecule has 0 spiro atoms. The molecule has 192 valence electrons. The number of ether oxygens (including phenoxy) is 2. The fourth-order valence-corrected chi connectivity index (χ4v) is 4.25. The van der Waals surface area contributed by atoms with Gasteiger partial charge >= 0.3 is 0 Å². The van der Waals surface area contributed by atoms with Crippen LogP contribution >= 0.6 is 11.6 Å². The van der Waals surface area contributed by atoms with Crippen molar-refractivity contribution in [2.45, 2.75) is 26.4 Å². The first-order valence-corrected chi connectivity index (χ1v) is 12.6. The smallest absolute Gasteiger partial charge is 0.248 e. The number of rotatable bonds is 10. The number of hydrogen-bond acceptors (Lipinski definition) is 7. The van der Waals surface area contributed by atoms with Crippen LogP contribution in [0.5, 0.6) is 5.75 Å². The zero-order valence-electron chi connectivity index (χ0n) is 21.0. The topological polar surface area (TPSA) is 88.6 Å². The van der Waals surface area contributed by atoms with Crippen LogP contribution in [0.2, 0.25) is 5.02 Å². The molecule has 0 saturated carbocycles. The first kappa shape index (κ1) is 26.4. The number of benzene rings is 2. The number of carbonyl (C=O) groups excluding carboxylic acids is 1. The lowest BCUT2D eigenvalue weighted by atomic mass is 10.1. The van der Waals surface area contributed by atoms with Crippen LogP contribution in [0, 0.1) is 12.3 Å². The molecule has 1 amide bonds. The summed E-state index contributed by atoms with van der Waals surface area (Å²) < 4.78 is 11.7. The Hall–Kier alpha value is -3.64. The number of fused-ring (bicyclic) bond motifs is 1. The second kappa shape index (κ2) is 12.5. The summed E-state index contributed by atoms with van der Waals surface area (Å²) in [4.78, 5) is 23.9. The van der Waals surface area contributed by atoms with Crippen LogP contribution in [0.15, 0.2) is 48.8 Å². The molecule has 4 rings (SSSR count). The van der Waals surface area contributed by atoms with Gasteiger partial charge in [0.2, 0.25) is 5.91 Å². The van der Waals surface area contributed by atoms with Gasteiger partial charge in [-0.1, -0.05) is 37.4 Å². The number of carbonyl (C=O) groups is 1. The maximum Gasteiger partial charge on any atom is 0.248 e. The highest BCUT2D eigenvalue weighted by molar-refractivity contribution is 6.31. The fraction of sp³-hybridized carbons (Fsp3) is 0.321. The molecule has 1 atom stereocenters. The molecule has 9 heteroatoms. The molecule has 8 nitrogen and oxygen atoms in total.